The van der Waals surface area contributed by atoms with Gasteiger partial charge in [-0.25, -0.2) is 9.38 Å². The summed E-state index contributed by atoms with van der Waals surface area (Å²) in [7, 11) is 1.92. The zero-order valence-electron chi connectivity index (χ0n) is 18.5. The van der Waals surface area contributed by atoms with Gasteiger partial charge in [-0.2, -0.15) is 0 Å². The fourth-order valence-corrected chi connectivity index (χ4v) is 3.11. The third kappa shape index (κ3) is 7.18. The van der Waals surface area contributed by atoms with Crippen LogP contribution in [0, 0.1) is 12.7 Å². The van der Waals surface area contributed by atoms with E-state index in [1.54, 1.807) is 18.2 Å². The number of ether oxygens (including phenoxy) is 2. The summed E-state index contributed by atoms with van der Waals surface area (Å²) >= 11 is 0. The fourth-order valence-electron chi connectivity index (χ4n) is 3.11. The molecule has 1 aromatic carbocycles. The van der Waals surface area contributed by atoms with Crippen LogP contribution in [-0.4, -0.2) is 77.7 Å². The Labute approximate surface area is 182 Å². The van der Waals surface area contributed by atoms with Crippen molar-refractivity contribution >= 4 is 5.96 Å². The first-order valence-electron chi connectivity index (χ1n) is 10.6. The largest absolute Gasteiger partial charge is 0.486 e. The normalized spacial score (nSPS) is 16.2. The fraction of sp³-hybridized carbons (Fsp3) is 0.571. The Bertz CT molecular complexity index is 852. The maximum absolute atomic E-state index is 13.8. The number of para-hydroxylation sites is 1. The van der Waals surface area contributed by atoms with E-state index in [0.717, 1.165) is 51.0 Å². The summed E-state index contributed by atoms with van der Waals surface area (Å²) < 4.78 is 26.9. The van der Waals surface area contributed by atoms with Crippen molar-refractivity contribution in [2.24, 2.45) is 12.0 Å². The number of aryl methyl sites for hydroxylation is 1. The summed E-state index contributed by atoms with van der Waals surface area (Å²) in [4.78, 5) is 7.00. The van der Waals surface area contributed by atoms with Crippen molar-refractivity contribution in [3.63, 3.8) is 0 Å². The summed E-state index contributed by atoms with van der Waals surface area (Å²) in [6.45, 7) is 9.72. The SMILES string of the molecule is Cc1nnc(CN=C(NCCN2CCOCC2)NCC(C)Oc2ccccc2F)n1C. The van der Waals surface area contributed by atoms with E-state index in [4.69, 9.17) is 9.47 Å². The summed E-state index contributed by atoms with van der Waals surface area (Å²) in [5.74, 6) is 2.14. The van der Waals surface area contributed by atoms with E-state index in [9.17, 15) is 4.39 Å². The van der Waals surface area contributed by atoms with Gasteiger partial charge in [-0.1, -0.05) is 12.1 Å². The molecule has 10 heteroatoms. The Morgan fingerprint density at radius 2 is 2.03 bits per heavy atom. The minimum atomic E-state index is -0.371. The van der Waals surface area contributed by atoms with Gasteiger partial charge in [-0.3, -0.25) is 4.90 Å². The molecule has 0 radical (unpaired) electrons. The molecule has 0 aliphatic carbocycles. The monoisotopic (exact) mass is 433 g/mol. The average Bonchev–Trinajstić information content (AvgIpc) is 3.10. The molecule has 1 unspecified atom stereocenters. The van der Waals surface area contributed by atoms with Crippen LogP contribution in [0.25, 0.3) is 0 Å². The van der Waals surface area contributed by atoms with E-state index < -0.39 is 0 Å². The van der Waals surface area contributed by atoms with Gasteiger partial charge in [0.1, 0.15) is 18.5 Å². The van der Waals surface area contributed by atoms with Crippen LogP contribution in [0.2, 0.25) is 0 Å². The van der Waals surface area contributed by atoms with Crippen molar-refractivity contribution in [2.45, 2.75) is 26.5 Å². The van der Waals surface area contributed by atoms with Crippen LogP contribution in [0.4, 0.5) is 4.39 Å². The molecule has 2 aromatic rings. The van der Waals surface area contributed by atoms with Crippen molar-refractivity contribution in [2.75, 3.05) is 45.9 Å². The second-order valence-corrected chi connectivity index (χ2v) is 7.51. The number of halogens is 1. The van der Waals surface area contributed by atoms with Gasteiger partial charge >= 0.3 is 0 Å². The number of hydrogen-bond acceptors (Lipinski definition) is 6. The molecule has 0 saturated carbocycles. The van der Waals surface area contributed by atoms with E-state index in [0.29, 0.717) is 19.0 Å². The highest BCUT2D eigenvalue weighted by Crippen LogP contribution is 2.16. The van der Waals surface area contributed by atoms with E-state index in [-0.39, 0.29) is 17.7 Å². The number of morpholine rings is 1. The minimum absolute atomic E-state index is 0.241. The van der Waals surface area contributed by atoms with Crippen LogP contribution in [0.3, 0.4) is 0 Å². The molecule has 1 aromatic heterocycles. The van der Waals surface area contributed by atoms with Crippen LogP contribution < -0.4 is 15.4 Å². The molecule has 0 spiro atoms. The number of nitrogens with zero attached hydrogens (tertiary/aromatic N) is 5. The molecule has 0 amide bonds. The van der Waals surface area contributed by atoms with Crippen molar-refractivity contribution < 1.29 is 13.9 Å². The molecular formula is C21H32FN7O2. The predicted molar refractivity (Wildman–Crippen MR) is 117 cm³/mol. The highest BCUT2D eigenvalue weighted by atomic mass is 19.1. The summed E-state index contributed by atoms with van der Waals surface area (Å²) in [6, 6.07) is 6.40. The number of guanidine groups is 1. The van der Waals surface area contributed by atoms with Gasteiger partial charge in [0.05, 0.1) is 19.8 Å². The highest BCUT2D eigenvalue weighted by Gasteiger charge is 2.12. The standard InChI is InChI=1S/C21H32FN7O2/c1-16(31-19-7-5-4-6-18(19)22)14-24-21(23-8-9-29-10-12-30-13-11-29)25-15-20-27-26-17(2)28(20)3/h4-7,16H,8-15H2,1-3H3,(H2,23,24,25). The Morgan fingerprint density at radius 1 is 1.26 bits per heavy atom. The summed E-state index contributed by atoms with van der Waals surface area (Å²) in [5.41, 5.74) is 0. The van der Waals surface area contributed by atoms with Gasteiger partial charge < -0.3 is 24.7 Å². The molecule has 170 valence electrons. The number of aromatic nitrogens is 3. The first-order valence-corrected chi connectivity index (χ1v) is 10.6. The smallest absolute Gasteiger partial charge is 0.191 e. The number of nitrogens with one attached hydrogen (secondary N) is 2. The molecule has 3 rings (SSSR count). The van der Waals surface area contributed by atoms with Gasteiger partial charge in [0.2, 0.25) is 0 Å². The molecule has 1 atom stereocenters. The maximum Gasteiger partial charge on any atom is 0.191 e. The molecule has 9 nitrogen and oxygen atoms in total. The first-order chi connectivity index (χ1) is 15.0. The molecule has 1 saturated heterocycles. The van der Waals surface area contributed by atoms with Crippen molar-refractivity contribution in [3.8, 4) is 5.75 Å². The van der Waals surface area contributed by atoms with E-state index >= 15 is 0 Å². The van der Waals surface area contributed by atoms with Gasteiger partial charge in [0, 0.05) is 33.2 Å². The van der Waals surface area contributed by atoms with Gasteiger partial charge in [0.15, 0.2) is 23.4 Å². The van der Waals surface area contributed by atoms with Gasteiger partial charge in [-0.05, 0) is 26.0 Å². The van der Waals surface area contributed by atoms with Crippen molar-refractivity contribution in [3.05, 3.63) is 41.7 Å². The topological polar surface area (TPSA) is 88.8 Å². The number of aliphatic imine (C=N–C) groups is 1. The number of benzene rings is 1. The highest BCUT2D eigenvalue weighted by molar-refractivity contribution is 5.79. The van der Waals surface area contributed by atoms with Crippen LogP contribution >= 0.6 is 0 Å². The summed E-state index contributed by atoms with van der Waals surface area (Å²) in [6.07, 6.45) is -0.250. The minimum Gasteiger partial charge on any atom is -0.486 e. The molecule has 31 heavy (non-hydrogen) atoms. The second-order valence-electron chi connectivity index (χ2n) is 7.51. The number of rotatable bonds is 9. The third-order valence-electron chi connectivity index (χ3n) is 5.11. The lowest BCUT2D eigenvalue weighted by molar-refractivity contribution is 0.0389. The second kappa shape index (κ2) is 11.6. The zero-order chi connectivity index (χ0) is 22.1. The van der Waals surface area contributed by atoms with Crippen LogP contribution in [0.5, 0.6) is 5.75 Å². The Hall–Kier alpha value is -2.72. The molecule has 2 N–H and O–H groups in total. The van der Waals surface area contributed by atoms with Crippen molar-refractivity contribution in [1.82, 2.24) is 30.3 Å². The van der Waals surface area contributed by atoms with E-state index in [1.807, 2.05) is 25.5 Å². The lowest BCUT2D eigenvalue weighted by Gasteiger charge is -2.27. The Balaban J connectivity index is 1.55. The Morgan fingerprint density at radius 3 is 2.74 bits per heavy atom. The molecule has 0 bridgehead atoms. The van der Waals surface area contributed by atoms with Crippen LogP contribution in [0.1, 0.15) is 18.6 Å². The molecule has 1 fully saturated rings. The van der Waals surface area contributed by atoms with Gasteiger partial charge in [-0.15, -0.1) is 10.2 Å². The maximum atomic E-state index is 13.8. The molecular weight excluding hydrogens is 401 g/mol. The lowest BCUT2D eigenvalue weighted by atomic mass is 10.3. The predicted octanol–water partition coefficient (Wildman–Crippen LogP) is 1.10. The Kier molecular flexibility index (Phi) is 8.60. The summed E-state index contributed by atoms with van der Waals surface area (Å²) in [5, 5.41) is 14.9. The third-order valence-corrected chi connectivity index (χ3v) is 5.11. The van der Waals surface area contributed by atoms with Crippen molar-refractivity contribution in [1.29, 1.82) is 0 Å². The number of hydrogen-bond donors (Lipinski definition) is 2. The first kappa shape index (κ1) is 23.0. The molecule has 1 aliphatic rings. The van der Waals surface area contributed by atoms with Crippen LogP contribution in [0.15, 0.2) is 29.3 Å². The van der Waals surface area contributed by atoms with E-state index in [2.05, 4.69) is 30.7 Å². The lowest BCUT2D eigenvalue weighted by Crippen LogP contribution is -2.46. The zero-order valence-corrected chi connectivity index (χ0v) is 18.5. The van der Waals surface area contributed by atoms with E-state index in [1.165, 1.54) is 6.07 Å². The quantitative estimate of drug-likeness (QED) is 0.452. The molecule has 2 heterocycles. The van der Waals surface area contributed by atoms with Crippen LogP contribution in [-0.2, 0) is 18.3 Å². The average molecular weight is 434 g/mol. The van der Waals surface area contributed by atoms with Gasteiger partial charge in [0.25, 0.3) is 0 Å². The molecule has 1 aliphatic heterocycles.